The van der Waals surface area contributed by atoms with Gasteiger partial charge in [0.15, 0.2) is 0 Å². The minimum Gasteiger partial charge on any atom is -0.378 e. The lowest BCUT2D eigenvalue weighted by atomic mass is 10.4. The predicted molar refractivity (Wildman–Crippen MR) is 90.6 cm³/mol. The van der Waals surface area contributed by atoms with Gasteiger partial charge in [-0.2, -0.15) is 5.10 Å². The SMILES string of the molecule is O=C(NN=Cc1csc(-c2ccc([N+](=O)[O-])s2)n1)N1CCOCC1. The number of nitro groups is 1. The van der Waals surface area contributed by atoms with Crippen molar-refractivity contribution in [2.45, 2.75) is 0 Å². The number of nitrogens with one attached hydrogen (secondary N) is 1. The Kier molecular flexibility index (Phi) is 5.13. The lowest BCUT2D eigenvalue weighted by Crippen LogP contribution is -2.44. The molecule has 0 atom stereocenters. The average Bonchev–Trinajstić information content (AvgIpc) is 3.24. The van der Waals surface area contributed by atoms with Crippen LogP contribution in [0.15, 0.2) is 22.6 Å². The molecule has 1 aliphatic heterocycles. The van der Waals surface area contributed by atoms with E-state index >= 15 is 0 Å². The Morgan fingerprint density at radius 1 is 1.46 bits per heavy atom. The van der Waals surface area contributed by atoms with Gasteiger partial charge in [0.2, 0.25) is 0 Å². The fourth-order valence-electron chi connectivity index (χ4n) is 1.99. The molecule has 0 saturated carbocycles. The fraction of sp³-hybridized carbons (Fsp3) is 0.308. The zero-order valence-corrected chi connectivity index (χ0v) is 14.0. The van der Waals surface area contributed by atoms with Crippen LogP contribution in [0.2, 0.25) is 0 Å². The summed E-state index contributed by atoms with van der Waals surface area (Å²) in [5, 5.41) is 17.1. The molecule has 3 heterocycles. The van der Waals surface area contributed by atoms with Gasteiger partial charge in [-0.05, 0) is 6.07 Å². The molecule has 24 heavy (non-hydrogen) atoms. The number of hydrogen-bond acceptors (Lipinski definition) is 8. The molecule has 0 aliphatic carbocycles. The van der Waals surface area contributed by atoms with E-state index in [1.54, 1.807) is 16.3 Å². The second-order valence-electron chi connectivity index (χ2n) is 4.75. The lowest BCUT2D eigenvalue weighted by molar-refractivity contribution is -0.380. The van der Waals surface area contributed by atoms with Crippen molar-refractivity contribution >= 4 is 39.9 Å². The van der Waals surface area contributed by atoms with Crippen molar-refractivity contribution in [1.82, 2.24) is 15.3 Å². The standard InChI is InChI=1S/C13H13N5O4S2/c19-13(17-3-5-22-6-4-17)16-14-7-9-8-23-12(15-9)10-1-2-11(24-10)18(20)21/h1-2,7-8H,3-6H2,(H,16,19). The monoisotopic (exact) mass is 367 g/mol. The normalized spacial score (nSPS) is 14.9. The van der Waals surface area contributed by atoms with Crippen molar-refractivity contribution in [3.05, 3.63) is 33.3 Å². The largest absolute Gasteiger partial charge is 0.378 e. The maximum atomic E-state index is 11.8. The third-order valence-corrected chi connectivity index (χ3v) is 5.23. The molecule has 11 heteroatoms. The van der Waals surface area contributed by atoms with Crippen molar-refractivity contribution in [2.75, 3.05) is 26.3 Å². The highest BCUT2D eigenvalue weighted by Crippen LogP contribution is 2.34. The summed E-state index contributed by atoms with van der Waals surface area (Å²) < 4.78 is 5.18. The first-order valence-electron chi connectivity index (χ1n) is 6.99. The Bertz CT molecular complexity index is 766. The minimum absolute atomic E-state index is 0.0770. The van der Waals surface area contributed by atoms with Gasteiger partial charge in [-0.25, -0.2) is 15.2 Å². The number of nitrogens with zero attached hydrogens (tertiary/aromatic N) is 4. The molecule has 3 rings (SSSR count). The molecular weight excluding hydrogens is 354 g/mol. The number of hydrogen-bond donors (Lipinski definition) is 1. The van der Waals surface area contributed by atoms with E-state index in [0.29, 0.717) is 37.0 Å². The number of thiophene rings is 1. The predicted octanol–water partition coefficient (Wildman–Crippen LogP) is 2.16. The highest BCUT2D eigenvalue weighted by molar-refractivity contribution is 7.23. The number of aromatic nitrogens is 1. The Labute approximate surface area is 144 Å². The van der Waals surface area contributed by atoms with Crippen LogP contribution >= 0.6 is 22.7 Å². The first-order valence-corrected chi connectivity index (χ1v) is 8.69. The molecule has 126 valence electrons. The summed E-state index contributed by atoms with van der Waals surface area (Å²) in [5.74, 6) is 0. The quantitative estimate of drug-likeness (QED) is 0.506. The average molecular weight is 367 g/mol. The van der Waals surface area contributed by atoms with Crippen molar-refractivity contribution in [3.8, 4) is 9.88 Å². The van der Waals surface area contributed by atoms with Gasteiger partial charge in [0.1, 0.15) is 5.01 Å². The molecule has 0 radical (unpaired) electrons. The highest BCUT2D eigenvalue weighted by Gasteiger charge is 2.16. The van der Waals surface area contributed by atoms with E-state index in [1.165, 1.54) is 23.6 Å². The molecule has 1 aliphatic rings. The smallest absolute Gasteiger partial charge is 0.337 e. The Morgan fingerprint density at radius 3 is 2.96 bits per heavy atom. The van der Waals surface area contributed by atoms with E-state index in [9.17, 15) is 14.9 Å². The van der Waals surface area contributed by atoms with Crippen LogP contribution < -0.4 is 5.43 Å². The first kappa shape index (κ1) is 16.5. The summed E-state index contributed by atoms with van der Waals surface area (Å²) in [4.78, 5) is 28.8. The molecule has 0 aromatic carbocycles. The molecule has 2 amide bonds. The molecule has 0 spiro atoms. The number of amides is 2. The van der Waals surface area contributed by atoms with Crippen LogP contribution in [0.5, 0.6) is 0 Å². The van der Waals surface area contributed by atoms with Crippen LogP contribution in [-0.4, -0.2) is 53.4 Å². The second kappa shape index (κ2) is 7.47. The number of carbonyl (C=O) groups is 1. The molecule has 0 unspecified atom stereocenters. The summed E-state index contributed by atoms with van der Waals surface area (Å²) in [7, 11) is 0. The van der Waals surface area contributed by atoms with E-state index in [1.807, 2.05) is 0 Å². The lowest BCUT2D eigenvalue weighted by Gasteiger charge is -2.25. The zero-order valence-electron chi connectivity index (χ0n) is 12.4. The van der Waals surface area contributed by atoms with Crippen LogP contribution in [0.1, 0.15) is 5.69 Å². The minimum atomic E-state index is -0.425. The molecule has 1 N–H and O–H groups in total. The zero-order chi connectivity index (χ0) is 16.9. The third-order valence-electron chi connectivity index (χ3n) is 3.16. The summed E-state index contributed by atoms with van der Waals surface area (Å²) >= 11 is 2.43. The summed E-state index contributed by atoms with van der Waals surface area (Å²) in [6, 6.07) is 2.85. The van der Waals surface area contributed by atoms with E-state index in [-0.39, 0.29) is 11.0 Å². The molecular formula is C13H13N5O4S2. The van der Waals surface area contributed by atoms with Gasteiger partial charge >= 0.3 is 11.0 Å². The number of rotatable bonds is 4. The summed E-state index contributed by atoms with van der Waals surface area (Å²) in [6.45, 7) is 2.14. The molecule has 1 fully saturated rings. The second-order valence-corrected chi connectivity index (χ2v) is 6.67. The van der Waals surface area contributed by atoms with Gasteiger partial charge in [0.25, 0.3) is 0 Å². The molecule has 1 saturated heterocycles. The van der Waals surface area contributed by atoms with Gasteiger partial charge in [0, 0.05) is 24.5 Å². The van der Waals surface area contributed by atoms with Gasteiger partial charge in [-0.15, -0.1) is 11.3 Å². The van der Waals surface area contributed by atoms with Crippen LogP contribution in [0.4, 0.5) is 9.80 Å². The molecule has 0 bridgehead atoms. The number of thiazole rings is 1. The van der Waals surface area contributed by atoms with Gasteiger partial charge in [-0.3, -0.25) is 10.1 Å². The molecule has 2 aromatic rings. The number of urea groups is 1. The van der Waals surface area contributed by atoms with Crippen LogP contribution in [0.3, 0.4) is 0 Å². The van der Waals surface area contributed by atoms with Gasteiger partial charge in [-0.1, -0.05) is 11.3 Å². The van der Waals surface area contributed by atoms with E-state index in [4.69, 9.17) is 4.74 Å². The number of carbonyl (C=O) groups excluding carboxylic acids is 1. The fourth-order valence-corrected chi connectivity index (χ4v) is 3.65. The van der Waals surface area contributed by atoms with Crippen LogP contribution in [-0.2, 0) is 4.74 Å². The third kappa shape index (κ3) is 3.93. The maximum Gasteiger partial charge on any atom is 0.337 e. The summed E-state index contributed by atoms with van der Waals surface area (Å²) in [6.07, 6.45) is 1.44. The van der Waals surface area contributed by atoms with E-state index < -0.39 is 4.92 Å². The molecule has 9 nitrogen and oxygen atoms in total. The highest BCUT2D eigenvalue weighted by atomic mass is 32.1. The Hall–Kier alpha value is -2.37. The Balaban J connectivity index is 1.58. The first-order chi connectivity index (χ1) is 11.6. The van der Waals surface area contributed by atoms with Gasteiger partial charge in [0.05, 0.1) is 34.9 Å². The molecule has 2 aromatic heterocycles. The number of hydrazone groups is 1. The van der Waals surface area contributed by atoms with Crippen molar-refractivity contribution in [1.29, 1.82) is 0 Å². The van der Waals surface area contributed by atoms with Crippen LogP contribution in [0, 0.1) is 10.1 Å². The van der Waals surface area contributed by atoms with E-state index in [2.05, 4.69) is 15.5 Å². The van der Waals surface area contributed by atoms with Crippen molar-refractivity contribution in [3.63, 3.8) is 0 Å². The van der Waals surface area contributed by atoms with Gasteiger partial charge < -0.3 is 9.64 Å². The number of ether oxygens (including phenoxy) is 1. The summed E-state index contributed by atoms with van der Waals surface area (Å²) in [5.41, 5.74) is 3.02. The number of morpholine rings is 1. The Morgan fingerprint density at radius 2 is 2.25 bits per heavy atom. The van der Waals surface area contributed by atoms with Crippen molar-refractivity contribution < 1.29 is 14.5 Å². The van der Waals surface area contributed by atoms with Crippen molar-refractivity contribution in [2.24, 2.45) is 5.10 Å². The maximum absolute atomic E-state index is 11.8. The van der Waals surface area contributed by atoms with Crippen LogP contribution in [0.25, 0.3) is 9.88 Å². The topological polar surface area (TPSA) is 110 Å². The van der Waals surface area contributed by atoms with E-state index in [0.717, 1.165) is 16.2 Å².